The van der Waals surface area contributed by atoms with Gasteiger partial charge in [0.25, 0.3) is 5.91 Å². The number of fused-ring (bicyclic) bond motifs is 2. The van der Waals surface area contributed by atoms with Gasteiger partial charge in [-0.3, -0.25) is 9.89 Å². The minimum Gasteiger partial charge on any atom is -0.368 e. The number of aromatic nitrogens is 2. The normalized spacial score (nSPS) is 16.8. The molecular formula is C15H11FN4O. The molecule has 3 N–H and O–H groups in total. The Labute approximate surface area is 119 Å². The van der Waals surface area contributed by atoms with E-state index in [1.807, 2.05) is 18.2 Å². The van der Waals surface area contributed by atoms with E-state index in [9.17, 15) is 9.18 Å². The van der Waals surface area contributed by atoms with E-state index in [1.54, 1.807) is 12.3 Å². The zero-order valence-electron chi connectivity index (χ0n) is 10.9. The third-order valence-electron chi connectivity index (χ3n) is 3.62. The topological polar surface area (TPSA) is 69.8 Å². The Morgan fingerprint density at radius 3 is 3.05 bits per heavy atom. The van der Waals surface area contributed by atoms with Crippen molar-refractivity contribution in [1.82, 2.24) is 10.2 Å². The molecule has 21 heavy (non-hydrogen) atoms. The van der Waals surface area contributed by atoms with Gasteiger partial charge in [-0.05, 0) is 18.2 Å². The van der Waals surface area contributed by atoms with Crippen molar-refractivity contribution in [3.05, 3.63) is 54.0 Å². The number of rotatable bonds is 2. The van der Waals surface area contributed by atoms with Gasteiger partial charge in [-0.25, -0.2) is 4.39 Å². The van der Waals surface area contributed by atoms with E-state index >= 15 is 0 Å². The van der Waals surface area contributed by atoms with Gasteiger partial charge in [0.1, 0.15) is 11.9 Å². The number of H-pyrrole nitrogens is 1. The van der Waals surface area contributed by atoms with Crippen molar-refractivity contribution in [2.45, 2.75) is 6.04 Å². The summed E-state index contributed by atoms with van der Waals surface area (Å²) < 4.78 is 13.2. The number of para-hydroxylation sites is 1. The zero-order valence-corrected chi connectivity index (χ0v) is 10.9. The second-order valence-electron chi connectivity index (χ2n) is 4.94. The van der Waals surface area contributed by atoms with Crippen LogP contribution in [-0.4, -0.2) is 16.1 Å². The third-order valence-corrected chi connectivity index (χ3v) is 3.62. The summed E-state index contributed by atoms with van der Waals surface area (Å²) in [5.41, 5.74) is 2.86. The molecule has 0 aliphatic carbocycles. The second-order valence-corrected chi connectivity index (χ2v) is 4.94. The maximum absolute atomic E-state index is 13.2. The first kappa shape index (κ1) is 11.9. The quantitative estimate of drug-likeness (QED) is 0.677. The van der Waals surface area contributed by atoms with Gasteiger partial charge < -0.3 is 10.6 Å². The highest BCUT2D eigenvalue weighted by molar-refractivity contribution is 6.05. The number of anilines is 2. The molecule has 5 nitrogen and oxygen atoms in total. The molecule has 4 rings (SSSR count). The van der Waals surface area contributed by atoms with E-state index < -0.39 is 6.04 Å². The van der Waals surface area contributed by atoms with Gasteiger partial charge in [0.05, 0.1) is 17.4 Å². The molecular weight excluding hydrogens is 271 g/mol. The van der Waals surface area contributed by atoms with Crippen molar-refractivity contribution < 1.29 is 9.18 Å². The van der Waals surface area contributed by atoms with Gasteiger partial charge in [0, 0.05) is 16.6 Å². The molecule has 1 unspecified atom stereocenters. The summed E-state index contributed by atoms with van der Waals surface area (Å²) >= 11 is 0. The van der Waals surface area contributed by atoms with Crippen LogP contribution in [0.15, 0.2) is 42.6 Å². The van der Waals surface area contributed by atoms with Crippen LogP contribution in [0.4, 0.5) is 15.8 Å². The van der Waals surface area contributed by atoms with Crippen LogP contribution in [0.2, 0.25) is 0 Å². The number of carbonyl (C=O) groups is 1. The number of aromatic amines is 1. The summed E-state index contributed by atoms with van der Waals surface area (Å²) in [4.78, 5) is 12.1. The number of nitrogens with zero attached hydrogens (tertiary/aromatic N) is 1. The van der Waals surface area contributed by atoms with Crippen LogP contribution in [0.5, 0.6) is 0 Å². The summed E-state index contributed by atoms with van der Waals surface area (Å²) in [6.07, 6.45) is 1.72. The van der Waals surface area contributed by atoms with Gasteiger partial charge in [-0.1, -0.05) is 18.2 Å². The highest BCUT2D eigenvalue weighted by Gasteiger charge is 2.31. The predicted molar refractivity (Wildman–Crippen MR) is 77.5 cm³/mol. The standard InChI is InChI=1S/C15H11FN4O/c16-9-4-5-10-12(6-9)19-15(21)14(10)18-11-3-1-2-8-7-17-20-13(8)11/h1-7,14,18H,(H,17,20)(H,19,21). The summed E-state index contributed by atoms with van der Waals surface area (Å²) in [5.74, 6) is -0.572. The number of amides is 1. The molecule has 6 heteroatoms. The molecule has 0 fully saturated rings. The Morgan fingerprint density at radius 1 is 1.24 bits per heavy atom. The van der Waals surface area contributed by atoms with Gasteiger partial charge in [0.15, 0.2) is 0 Å². The zero-order chi connectivity index (χ0) is 14.4. The molecule has 1 atom stereocenters. The van der Waals surface area contributed by atoms with E-state index in [-0.39, 0.29) is 11.7 Å². The molecule has 1 aromatic heterocycles. The lowest BCUT2D eigenvalue weighted by Gasteiger charge is -2.13. The second kappa shape index (κ2) is 4.31. The smallest absolute Gasteiger partial charge is 0.251 e. The Bertz CT molecular complexity index is 858. The van der Waals surface area contributed by atoms with Crippen LogP contribution in [0, 0.1) is 5.82 Å². The SMILES string of the molecule is O=C1Nc2cc(F)ccc2C1Nc1cccc2cn[nH]c12. The van der Waals surface area contributed by atoms with Crippen molar-refractivity contribution in [3.63, 3.8) is 0 Å². The highest BCUT2D eigenvalue weighted by atomic mass is 19.1. The molecule has 2 heterocycles. The first-order chi connectivity index (χ1) is 10.2. The summed E-state index contributed by atoms with van der Waals surface area (Å²) in [6.45, 7) is 0. The summed E-state index contributed by atoms with van der Waals surface area (Å²) in [7, 11) is 0. The number of nitrogens with one attached hydrogen (secondary N) is 3. The fourth-order valence-electron chi connectivity index (χ4n) is 2.62. The monoisotopic (exact) mass is 282 g/mol. The summed E-state index contributed by atoms with van der Waals surface area (Å²) in [6, 6.07) is 9.44. The maximum atomic E-state index is 13.2. The fourth-order valence-corrected chi connectivity index (χ4v) is 2.62. The first-order valence-electron chi connectivity index (χ1n) is 6.51. The molecule has 3 aromatic rings. The molecule has 0 radical (unpaired) electrons. The molecule has 0 spiro atoms. The average molecular weight is 282 g/mol. The fraction of sp³-hybridized carbons (Fsp3) is 0.0667. The third kappa shape index (κ3) is 1.84. The number of hydrogen-bond donors (Lipinski definition) is 3. The molecule has 0 bridgehead atoms. The van der Waals surface area contributed by atoms with E-state index in [1.165, 1.54) is 12.1 Å². The van der Waals surface area contributed by atoms with Crippen molar-refractivity contribution in [2.75, 3.05) is 10.6 Å². The van der Waals surface area contributed by atoms with Crippen LogP contribution in [-0.2, 0) is 4.79 Å². The average Bonchev–Trinajstić information content (AvgIpc) is 3.04. The van der Waals surface area contributed by atoms with E-state index in [0.29, 0.717) is 5.69 Å². The van der Waals surface area contributed by atoms with E-state index in [2.05, 4.69) is 20.8 Å². The molecule has 0 saturated heterocycles. The minimum atomic E-state index is -0.547. The number of benzene rings is 2. The van der Waals surface area contributed by atoms with Crippen LogP contribution >= 0.6 is 0 Å². The van der Waals surface area contributed by atoms with Gasteiger partial charge in [0.2, 0.25) is 0 Å². The lowest BCUT2D eigenvalue weighted by Crippen LogP contribution is -2.19. The largest absolute Gasteiger partial charge is 0.368 e. The molecule has 1 amide bonds. The Morgan fingerprint density at radius 2 is 2.14 bits per heavy atom. The Hall–Kier alpha value is -2.89. The van der Waals surface area contributed by atoms with Gasteiger partial charge in [-0.2, -0.15) is 5.10 Å². The highest BCUT2D eigenvalue weighted by Crippen LogP contribution is 2.34. The van der Waals surface area contributed by atoms with Crippen molar-refractivity contribution in [3.8, 4) is 0 Å². The molecule has 104 valence electrons. The van der Waals surface area contributed by atoms with Gasteiger partial charge in [-0.15, -0.1) is 0 Å². The minimum absolute atomic E-state index is 0.202. The van der Waals surface area contributed by atoms with Crippen molar-refractivity contribution >= 4 is 28.2 Å². The van der Waals surface area contributed by atoms with E-state index in [4.69, 9.17) is 0 Å². The molecule has 2 aromatic carbocycles. The van der Waals surface area contributed by atoms with E-state index in [0.717, 1.165) is 22.2 Å². The van der Waals surface area contributed by atoms with Gasteiger partial charge >= 0.3 is 0 Å². The van der Waals surface area contributed by atoms with Crippen LogP contribution in [0.1, 0.15) is 11.6 Å². The predicted octanol–water partition coefficient (Wildman–Crippen LogP) is 2.81. The summed E-state index contributed by atoms with van der Waals surface area (Å²) in [5, 5.41) is 13.7. The molecule has 0 saturated carbocycles. The van der Waals surface area contributed by atoms with Crippen molar-refractivity contribution in [2.24, 2.45) is 0 Å². The lowest BCUT2D eigenvalue weighted by atomic mass is 10.1. The Balaban J connectivity index is 1.75. The van der Waals surface area contributed by atoms with Crippen LogP contribution in [0.25, 0.3) is 10.9 Å². The van der Waals surface area contributed by atoms with Crippen LogP contribution < -0.4 is 10.6 Å². The Kier molecular flexibility index (Phi) is 2.44. The number of hydrogen-bond acceptors (Lipinski definition) is 3. The molecule has 1 aliphatic rings. The van der Waals surface area contributed by atoms with Crippen LogP contribution in [0.3, 0.4) is 0 Å². The maximum Gasteiger partial charge on any atom is 0.251 e. The number of halogens is 1. The number of carbonyl (C=O) groups excluding carboxylic acids is 1. The van der Waals surface area contributed by atoms with Crippen molar-refractivity contribution in [1.29, 1.82) is 0 Å². The molecule has 1 aliphatic heterocycles. The lowest BCUT2D eigenvalue weighted by molar-refractivity contribution is -0.116. The first-order valence-corrected chi connectivity index (χ1v) is 6.51.